The van der Waals surface area contributed by atoms with Gasteiger partial charge in [0.25, 0.3) is 0 Å². The van der Waals surface area contributed by atoms with Gasteiger partial charge in [0.2, 0.25) is 0 Å². The van der Waals surface area contributed by atoms with Gasteiger partial charge in [0, 0.05) is 19.8 Å². The first-order valence-electron chi connectivity index (χ1n) is 3.74. The summed E-state index contributed by atoms with van der Waals surface area (Å²) in [6.45, 7) is 4.43. The predicted molar refractivity (Wildman–Crippen MR) is 48.8 cm³/mol. The highest BCUT2D eigenvalue weighted by Gasteiger charge is 2.39. The average molecular weight is 222 g/mol. The zero-order valence-electron chi connectivity index (χ0n) is 8.40. The SMILES string of the molecule is C=C(C)C(=O)OCO[Si](O)(OC)OC. The molecule has 0 heterocycles. The first kappa shape index (κ1) is 13.3. The molecule has 7 heteroatoms. The smallest absolute Gasteiger partial charge is 0.436 e. The van der Waals surface area contributed by atoms with E-state index in [-0.39, 0.29) is 5.57 Å². The first-order valence-corrected chi connectivity index (χ1v) is 5.41. The molecule has 0 spiro atoms. The van der Waals surface area contributed by atoms with E-state index in [9.17, 15) is 9.59 Å². The molecule has 6 nitrogen and oxygen atoms in total. The van der Waals surface area contributed by atoms with Gasteiger partial charge in [0.05, 0.1) is 0 Å². The molecule has 0 aliphatic heterocycles. The molecule has 0 aromatic heterocycles. The number of carbonyl (C=O) groups is 1. The number of ether oxygens (including phenoxy) is 1. The third-order valence-corrected chi connectivity index (χ3v) is 2.81. The summed E-state index contributed by atoms with van der Waals surface area (Å²) in [7, 11) is -1.14. The normalized spacial score (nSPS) is 11.1. The second-order valence-electron chi connectivity index (χ2n) is 2.41. The average Bonchev–Trinajstić information content (AvgIpc) is 2.17. The molecule has 0 unspecified atom stereocenters. The van der Waals surface area contributed by atoms with Crippen molar-refractivity contribution in [1.29, 1.82) is 0 Å². The molecule has 14 heavy (non-hydrogen) atoms. The Morgan fingerprint density at radius 3 is 2.29 bits per heavy atom. The predicted octanol–water partition coefficient (Wildman–Crippen LogP) is -0.200. The van der Waals surface area contributed by atoms with Crippen molar-refractivity contribution >= 4 is 15.0 Å². The number of hydrogen-bond acceptors (Lipinski definition) is 6. The molecular formula is C7H14O6Si. The molecular weight excluding hydrogens is 208 g/mol. The molecule has 0 bridgehead atoms. The lowest BCUT2D eigenvalue weighted by molar-refractivity contribution is -0.149. The van der Waals surface area contributed by atoms with Crippen molar-refractivity contribution in [2.24, 2.45) is 0 Å². The van der Waals surface area contributed by atoms with E-state index in [2.05, 4.69) is 20.2 Å². The molecule has 0 amide bonds. The Hall–Kier alpha value is -0.733. The fourth-order valence-corrected chi connectivity index (χ4v) is 1.09. The van der Waals surface area contributed by atoms with Gasteiger partial charge in [-0.3, -0.25) is 0 Å². The molecule has 0 saturated carbocycles. The Kier molecular flexibility index (Phi) is 5.58. The highest BCUT2D eigenvalue weighted by molar-refractivity contribution is 6.51. The van der Waals surface area contributed by atoms with Crippen LogP contribution >= 0.6 is 0 Å². The number of rotatable bonds is 6. The van der Waals surface area contributed by atoms with E-state index >= 15 is 0 Å². The van der Waals surface area contributed by atoms with Crippen molar-refractivity contribution in [3.63, 3.8) is 0 Å². The standard InChI is InChI=1S/C7H14O6Si/c1-6(2)7(8)12-5-13-14(9,10-3)11-4/h9H,1,5H2,2-4H3. The van der Waals surface area contributed by atoms with Crippen LogP contribution in [-0.2, 0) is 22.8 Å². The Bertz CT molecular complexity index is 212. The molecule has 82 valence electrons. The van der Waals surface area contributed by atoms with Crippen LogP contribution in [0.2, 0.25) is 0 Å². The molecule has 0 fully saturated rings. The van der Waals surface area contributed by atoms with Crippen LogP contribution in [0.15, 0.2) is 12.2 Å². The number of esters is 1. The summed E-state index contributed by atoms with van der Waals surface area (Å²) in [6, 6.07) is 0. The van der Waals surface area contributed by atoms with Crippen LogP contribution in [0.5, 0.6) is 0 Å². The second-order valence-corrected chi connectivity index (χ2v) is 4.56. The van der Waals surface area contributed by atoms with Gasteiger partial charge >= 0.3 is 15.0 Å². The summed E-state index contributed by atoms with van der Waals surface area (Å²) in [5, 5.41) is 0. The van der Waals surface area contributed by atoms with E-state index in [4.69, 9.17) is 4.43 Å². The lowest BCUT2D eigenvalue weighted by atomic mass is 10.4. The van der Waals surface area contributed by atoms with Crippen molar-refractivity contribution in [1.82, 2.24) is 0 Å². The van der Waals surface area contributed by atoms with Crippen LogP contribution in [0.1, 0.15) is 6.92 Å². The van der Waals surface area contributed by atoms with Crippen LogP contribution in [0, 0.1) is 0 Å². The van der Waals surface area contributed by atoms with Crippen molar-refractivity contribution in [3.8, 4) is 0 Å². The van der Waals surface area contributed by atoms with Gasteiger partial charge < -0.3 is 22.8 Å². The molecule has 0 aliphatic carbocycles. The Balaban J connectivity index is 3.83. The van der Waals surface area contributed by atoms with Crippen molar-refractivity contribution in [2.75, 3.05) is 21.0 Å². The molecule has 0 aromatic rings. The van der Waals surface area contributed by atoms with Crippen molar-refractivity contribution in [2.45, 2.75) is 6.92 Å². The molecule has 0 saturated heterocycles. The third kappa shape index (κ3) is 4.49. The summed E-state index contributed by atoms with van der Waals surface area (Å²) in [4.78, 5) is 20.2. The zero-order valence-corrected chi connectivity index (χ0v) is 9.40. The van der Waals surface area contributed by atoms with E-state index in [0.717, 1.165) is 0 Å². The minimum atomic E-state index is -3.61. The quantitative estimate of drug-likeness (QED) is 0.290. The molecule has 0 aliphatic rings. The van der Waals surface area contributed by atoms with E-state index in [1.807, 2.05) is 0 Å². The fourth-order valence-electron chi connectivity index (χ4n) is 0.482. The lowest BCUT2D eigenvalue weighted by Crippen LogP contribution is -2.44. The molecule has 0 radical (unpaired) electrons. The Morgan fingerprint density at radius 2 is 1.93 bits per heavy atom. The molecule has 0 atom stereocenters. The Labute approximate surface area is 83.5 Å². The summed E-state index contributed by atoms with van der Waals surface area (Å²) in [5.74, 6) is -0.603. The maximum atomic E-state index is 10.9. The first-order chi connectivity index (χ1) is 6.45. The van der Waals surface area contributed by atoms with E-state index < -0.39 is 21.8 Å². The maximum absolute atomic E-state index is 10.9. The van der Waals surface area contributed by atoms with Gasteiger partial charge in [-0.1, -0.05) is 6.58 Å². The highest BCUT2D eigenvalue weighted by Crippen LogP contribution is 2.02. The van der Waals surface area contributed by atoms with Gasteiger partial charge in [-0.15, -0.1) is 0 Å². The van der Waals surface area contributed by atoms with Crippen molar-refractivity contribution < 1.29 is 27.6 Å². The largest absolute Gasteiger partial charge is 0.678 e. The lowest BCUT2D eigenvalue weighted by Gasteiger charge is -2.18. The van der Waals surface area contributed by atoms with E-state index in [0.29, 0.717) is 0 Å². The van der Waals surface area contributed by atoms with Crippen LogP contribution in [-0.4, -0.2) is 40.8 Å². The minimum Gasteiger partial charge on any atom is -0.436 e. The van der Waals surface area contributed by atoms with Gasteiger partial charge in [-0.2, -0.15) is 0 Å². The minimum absolute atomic E-state index is 0.244. The van der Waals surface area contributed by atoms with E-state index in [1.165, 1.54) is 21.1 Å². The summed E-state index contributed by atoms with van der Waals surface area (Å²) in [6.07, 6.45) is 0. The topological polar surface area (TPSA) is 74.2 Å². The van der Waals surface area contributed by atoms with E-state index in [1.54, 1.807) is 0 Å². The summed E-state index contributed by atoms with van der Waals surface area (Å²) in [5.41, 5.74) is 0.244. The van der Waals surface area contributed by atoms with Gasteiger partial charge in [-0.05, 0) is 6.92 Å². The fraction of sp³-hybridized carbons (Fsp3) is 0.571. The monoisotopic (exact) mass is 222 g/mol. The summed E-state index contributed by atoms with van der Waals surface area (Å²) < 4.78 is 18.4. The Morgan fingerprint density at radius 1 is 1.43 bits per heavy atom. The molecule has 1 N–H and O–H groups in total. The summed E-state index contributed by atoms with van der Waals surface area (Å²) >= 11 is 0. The van der Waals surface area contributed by atoms with Crippen LogP contribution < -0.4 is 0 Å². The second kappa shape index (κ2) is 5.88. The molecule has 0 aromatic carbocycles. The van der Waals surface area contributed by atoms with Crippen molar-refractivity contribution in [3.05, 3.63) is 12.2 Å². The van der Waals surface area contributed by atoms with Gasteiger partial charge in [0.1, 0.15) is 0 Å². The third-order valence-electron chi connectivity index (χ3n) is 1.30. The highest BCUT2D eigenvalue weighted by atomic mass is 28.4. The van der Waals surface area contributed by atoms with Crippen LogP contribution in [0.25, 0.3) is 0 Å². The zero-order chi connectivity index (χ0) is 11.2. The van der Waals surface area contributed by atoms with Crippen LogP contribution in [0.3, 0.4) is 0 Å². The number of carbonyl (C=O) groups excluding carboxylic acids is 1. The van der Waals surface area contributed by atoms with Gasteiger partial charge in [-0.25, -0.2) is 4.79 Å². The van der Waals surface area contributed by atoms with Gasteiger partial charge in [0.15, 0.2) is 6.79 Å². The van der Waals surface area contributed by atoms with Crippen LogP contribution in [0.4, 0.5) is 0 Å². The molecule has 0 rings (SSSR count). The number of hydrogen-bond donors (Lipinski definition) is 1. The maximum Gasteiger partial charge on any atom is 0.678 e.